The van der Waals surface area contributed by atoms with E-state index in [4.69, 9.17) is 0 Å². The second-order valence-electron chi connectivity index (χ2n) is 2.51. The van der Waals surface area contributed by atoms with Crippen molar-refractivity contribution in [1.29, 1.82) is 0 Å². The van der Waals surface area contributed by atoms with E-state index in [2.05, 4.69) is 47.5 Å². The maximum absolute atomic E-state index is 10.9. The molecule has 1 heterocycles. The minimum absolute atomic E-state index is 0.0818. The molecule has 4 nitrogen and oxygen atoms in total. The topological polar surface area (TPSA) is 54.0 Å². The Morgan fingerprint density at radius 2 is 2.29 bits per heavy atom. The van der Waals surface area contributed by atoms with Crippen molar-refractivity contribution in [1.82, 2.24) is 10.3 Å². The number of nitrogens with zero attached hydrogens (tertiary/aromatic N) is 1. The summed E-state index contributed by atoms with van der Waals surface area (Å²) in [5, 5.41) is 5.41. The van der Waals surface area contributed by atoms with Crippen LogP contribution < -0.4 is 10.6 Å². The van der Waals surface area contributed by atoms with Gasteiger partial charge < -0.3 is 10.6 Å². The number of amides is 1. The van der Waals surface area contributed by atoms with E-state index in [-0.39, 0.29) is 12.5 Å². The van der Waals surface area contributed by atoms with Crippen LogP contribution >= 0.6 is 31.9 Å². The highest BCUT2D eigenvalue weighted by Gasteiger charge is 2.03. The molecular formula is C8H9Br2N3O. The Kier molecular flexibility index (Phi) is 4.34. The average molecular weight is 323 g/mol. The number of aromatic nitrogens is 1. The van der Waals surface area contributed by atoms with Crippen molar-refractivity contribution < 1.29 is 4.79 Å². The van der Waals surface area contributed by atoms with E-state index in [1.165, 1.54) is 0 Å². The second-order valence-corrected chi connectivity index (χ2v) is 4.28. The number of hydrogen-bond donors (Lipinski definition) is 2. The summed E-state index contributed by atoms with van der Waals surface area (Å²) in [5.74, 6) is 0.568. The van der Waals surface area contributed by atoms with Crippen LogP contribution in [0, 0.1) is 0 Å². The van der Waals surface area contributed by atoms with E-state index in [1.807, 2.05) is 6.07 Å². The Hall–Kier alpha value is -0.620. The molecule has 0 aliphatic heterocycles. The molecule has 1 rings (SSSR count). The van der Waals surface area contributed by atoms with E-state index in [1.54, 1.807) is 13.2 Å². The lowest BCUT2D eigenvalue weighted by atomic mass is 10.4. The number of anilines is 1. The Morgan fingerprint density at radius 1 is 1.57 bits per heavy atom. The molecule has 0 radical (unpaired) electrons. The van der Waals surface area contributed by atoms with Gasteiger partial charge in [-0.05, 0) is 37.9 Å². The number of carbonyl (C=O) groups excluding carboxylic acids is 1. The molecule has 1 aromatic heterocycles. The van der Waals surface area contributed by atoms with Crippen LogP contribution in [0.3, 0.4) is 0 Å². The molecule has 0 bridgehead atoms. The number of nitrogens with one attached hydrogen (secondary N) is 2. The van der Waals surface area contributed by atoms with E-state index in [0.717, 1.165) is 8.95 Å². The van der Waals surface area contributed by atoms with Crippen molar-refractivity contribution in [2.75, 3.05) is 18.9 Å². The maximum Gasteiger partial charge on any atom is 0.239 e. The Morgan fingerprint density at radius 3 is 2.86 bits per heavy atom. The van der Waals surface area contributed by atoms with Gasteiger partial charge >= 0.3 is 0 Å². The minimum atomic E-state index is -0.0818. The fourth-order valence-electron chi connectivity index (χ4n) is 0.797. The van der Waals surface area contributed by atoms with Crippen molar-refractivity contribution in [3.63, 3.8) is 0 Å². The highest BCUT2D eigenvalue weighted by molar-refractivity contribution is 9.11. The smallest absolute Gasteiger partial charge is 0.239 e. The van der Waals surface area contributed by atoms with Gasteiger partial charge in [0.05, 0.1) is 11.0 Å². The number of pyridine rings is 1. The van der Waals surface area contributed by atoms with Crippen LogP contribution in [0.4, 0.5) is 5.82 Å². The second kappa shape index (κ2) is 5.31. The summed E-state index contributed by atoms with van der Waals surface area (Å²) in [6.45, 7) is 0.212. The maximum atomic E-state index is 10.9. The molecule has 1 amide bonds. The van der Waals surface area contributed by atoms with Crippen LogP contribution in [0.2, 0.25) is 0 Å². The van der Waals surface area contributed by atoms with E-state index >= 15 is 0 Å². The van der Waals surface area contributed by atoms with Gasteiger partial charge in [-0.1, -0.05) is 0 Å². The normalized spacial score (nSPS) is 9.64. The lowest BCUT2D eigenvalue weighted by Gasteiger charge is -2.06. The van der Waals surface area contributed by atoms with Gasteiger partial charge in [0, 0.05) is 17.7 Å². The SMILES string of the molecule is CNC(=O)CNc1ncc(Br)cc1Br. The molecule has 0 unspecified atom stereocenters. The Balaban J connectivity index is 2.63. The fourth-order valence-corrected chi connectivity index (χ4v) is 1.92. The molecule has 0 spiro atoms. The molecule has 0 aliphatic rings. The van der Waals surface area contributed by atoms with Crippen LogP contribution in [0.5, 0.6) is 0 Å². The van der Waals surface area contributed by atoms with Gasteiger partial charge in [-0.2, -0.15) is 0 Å². The standard InChI is InChI=1S/C8H9Br2N3O/c1-11-7(14)4-13-8-6(10)2-5(9)3-12-8/h2-3H,4H2,1H3,(H,11,14)(H,12,13). The highest BCUT2D eigenvalue weighted by atomic mass is 79.9. The number of likely N-dealkylation sites (N-methyl/N-ethyl adjacent to an activating group) is 1. The zero-order valence-electron chi connectivity index (χ0n) is 7.47. The lowest BCUT2D eigenvalue weighted by molar-refractivity contribution is -0.118. The van der Waals surface area contributed by atoms with Gasteiger partial charge in [0.2, 0.25) is 5.91 Å². The van der Waals surface area contributed by atoms with Crippen molar-refractivity contribution in [2.24, 2.45) is 0 Å². The quantitative estimate of drug-likeness (QED) is 0.891. The molecule has 14 heavy (non-hydrogen) atoms. The van der Waals surface area contributed by atoms with E-state index in [9.17, 15) is 4.79 Å². The first-order valence-electron chi connectivity index (χ1n) is 3.89. The number of hydrogen-bond acceptors (Lipinski definition) is 3. The third-order valence-electron chi connectivity index (χ3n) is 1.50. The predicted octanol–water partition coefficient (Wildman–Crippen LogP) is 1.76. The highest BCUT2D eigenvalue weighted by Crippen LogP contribution is 2.22. The lowest BCUT2D eigenvalue weighted by Crippen LogP contribution is -2.26. The molecule has 76 valence electrons. The summed E-state index contributed by atoms with van der Waals surface area (Å²) < 4.78 is 1.70. The summed E-state index contributed by atoms with van der Waals surface area (Å²) in [6.07, 6.45) is 1.66. The van der Waals surface area contributed by atoms with Crippen molar-refractivity contribution in [3.8, 4) is 0 Å². The van der Waals surface area contributed by atoms with Gasteiger partial charge in [0.1, 0.15) is 5.82 Å². The molecule has 2 N–H and O–H groups in total. The van der Waals surface area contributed by atoms with E-state index < -0.39 is 0 Å². The molecule has 1 aromatic rings. The van der Waals surface area contributed by atoms with E-state index in [0.29, 0.717) is 5.82 Å². The Labute approximate surface area is 98.7 Å². The minimum Gasteiger partial charge on any atom is -0.360 e. The zero-order valence-corrected chi connectivity index (χ0v) is 10.6. The van der Waals surface area contributed by atoms with Crippen molar-refractivity contribution in [2.45, 2.75) is 0 Å². The van der Waals surface area contributed by atoms with Crippen LogP contribution in [0.25, 0.3) is 0 Å². The predicted molar refractivity (Wildman–Crippen MR) is 62.2 cm³/mol. The molecule has 0 aliphatic carbocycles. The first-order valence-corrected chi connectivity index (χ1v) is 5.47. The molecule has 0 saturated heterocycles. The number of halogens is 2. The average Bonchev–Trinajstić information content (AvgIpc) is 2.16. The third kappa shape index (κ3) is 3.26. The van der Waals surface area contributed by atoms with Crippen LogP contribution in [0.1, 0.15) is 0 Å². The van der Waals surface area contributed by atoms with Crippen LogP contribution in [-0.4, -0.2) is 24.5 Å². The van der Waals surface area contributed by atoms with Gasteiger partial charge in [-0.15, -0.1) is 0 Å². The summed E-state index contributed by atoms with van der Waals surface area (Å²) in [5.41, 5.74) is 0. The summed E-state index contributed by atoms with van der Waals surface area (Å²) in [6, 6.07) is 1.86. The number of carbonyl (C=O) groups is 1. The van der Waals surface area contributed by atoms with Crippen molar-refractivity contribution >= 4 is 43.6 Å². The van der Waals surface area contributed by atoms with Gasteiger partial charge in [-0.3, -0.25) is 4.79 Å². The fraction of sp³-hybridized carbons (Fsp3) is 0.250. The molecule has 0 saturated carbocycles. The summed E-state index contributed by atoms with van der Waals surface area (Å²) in [7, 11) is 1.59. The van der Waals surface area contributed by atoms with Crippen LogP contribution in [0.15, 0.2) is 21.2 Å². The molecule has 0 fully saturated rings. The molecule has 0 atom stereocenters. The van der Waals surface area contributed by atoms with Gasteiger partial charge in [0.25, 0.3) is 0 Å². The Bertz CT molecular complexity index is 343. The largest absolute Gasteiger partial charge is 0.360 e. The number of rotatable bonds is 3. The third-order valence-corrected chi connectivity index (χ3v) is 2.54. The monoisotopic (exact) mass is 321 g/mol. The summed E-state index contributed by atoms with van der Waals surface area (Å²) in [4.78, 5) is 15.0. The van der Waals surface area contributed by atoms with Crippen LogP contribution in [-0.2, 0) is 4.79 Å². The first-order chi connectivity index (χ1) is 6.63. The molecule has 6 heteroatoms. The molecule has 0 aromatic carbocycles. The van der Waals surface area contributed by atoms with Crippen molar-refractivity contribution in [3.05, 3.63) is 21.2 Å². The molecular weight excluding hydrogens is 314 g/mol. The first kappa shape index (κ1) is 11.5. The summed E-state index contributed by atoms with van der Waals surface area (Å²) >= 11 is 6.62. The van der Waals surface area contributed by atoms with Gasteiger partial charge in [-0.25, -0.2) is 4.98 Å². The van der Waals surface area contributed by atoms with Gasteiger partial charge in [0.15, 0.2) is 0 Å². The zero-order chi connectivity index (χ0) is 10.6.